The summed E-state index contributed by atoms with van der Waals surface area (Å²) in [4.78, 5) is 9.94. The van der Waals surface area contributed by atoms with Crippen LogP contribution in [-0.4, -0.2) is 9.97 Å². The van der Waals surface area contributed by atoms with E-state index in [2.05, 4.69) is 146 Å². The Hall–Kier alpha value is -5.68. The number of pyridine rings is 2. The van der Waals surface area contributed by atoms with Crippen LogP contribution in [0.1, 0.15) is 0 Å². The second-order valence-corrected chi connectivity index (χ2v) is 14.3. The number of benzene rings is 6. The molecule has 0 aliphatic carbocycles. The molecule has 0 fully saturated rings. The van der Waals surface area contributed by atoms with E-state index in [4.69, 9.17) is 9.97 Å². The third kappa shape index (κ3) is 4.38. The summed E-state index contributed by atoms with van der Waals surface area (Å²) in [5, 5.41) is 7.61. The van der Waals surface area contributed by atoms with Crippen molar-refractivity contribution >= 4 is 73.8 Å². The number of aromatic nitrogens is 2. The number of hydrogen-bond donors (Lipinski definition) is 0. The van der Waals surface area contributed by atoms with Gasteiger partial charge in [-0.05, 0) is 52.2 Å². The van der Waals surface area contributed by atoms with Gasteiger partial charge in [-0.2, -0.15) is 0 Å². The SMILES string of the molecule is c1cc(-c2ccc(-c3cccc4c3sc3ccccc34)nc2)c2ccc(-c3ccc(-c4cccc5c4sc4ccccc45)nc3)cc2c1. The normalized spacial score (nSPS) is 11.8. The van der Waals surface area contributed by atoms with Gasteiger partial charge in [-0.15, -0.1) is 22.7 Å². The standard InChI is InChI=1S/C44H26N2S2/c1-3-16-41-33(9-1)35-12-6-14-37(43(35)47-41)39-22-19-29(25-45-39)27-18-21-32-28(24-27)8-5-11-31(32)30-20-23-40(46-26-30)38-15-7-13-36-34-10-2-4-17-42(34)48-44(36)38/h1-26H. The van der Waals surface area contributed by atoms with Gasteiger partial charge in [-0.25, -0.2) is 0 Å². The fourth-order valence-electron chi connectivity index (χ4n) is 7.05. The molecule has 0 unspecified atom stereocenters. The number of fused-ring (bicyclic) bond motifs is 7. The van der Waals surface area contributed by atoms with E-state index in [-0.39, 0.29) is 0 Å². The third-order valence-corrected chi connectivity index (χ3v) is 11.9. The van der Waals surface area contributed by atoms with Crippen LogP contribution in [0.4, 0.5) is 0 Å². The van der Waals surface area contributed by atoms with Gasteiger partial charge in [0.05, 0.1) is 11.4 Å². The van der Waals surface area contributed by atoms with E-state index in [1.165, 1.54) is 67.8 Å². The van der Waals surface area contributed by atoms with Crippen LogP contribution >= 0.6 is 22.7 Å². The lowest BCUT2D eigenvalue weighted by atomic mass is 9.96. The maximum Gasteiger partial charge on any atom is 0.0716 e. The Morgan fingerprint density at radius 2 is 0.875 bits per heavy atom. The first-order valence-electron chi connectivity index (χ1n) is 16.1. The molecule has 6 aromatic carbocycles. The maximum atomic E-state index is 4.98. The molecule has 4 heterocycles. The highest BCUT2D eigenvalue weighted by atomic mass is 32.1. The van der Waals surface area contributed by atoms with E-state index >= 15 is 0 Å². The van der Waals surface area contributed by atoms with E-state index in [1.54, 1.807) is 0 Å². The minimum atomic E-state index is 0.998. The molecule has 0 saturated carbocycles. The largest absolute Gasteiger partial charge is 0.256 e. The summed E-state index contributed by atoms with van der Waals surface area (Å²) in [5.74, 6) is 0. The van der Waals surface area contributed by atoms with Crippen molar-refractivity contribution in [1.29, 1.82) is 0 Å². The molecule has 4 aromatic heterocycles. The highest BCUT2D eigenvalue weighted by Gasteiger charge is 2.14. The van der Waals surface area contributed by atoms with Gasteiger partial charge >= 0.3 is 0 Å². The van der Waals surface area contributed by atoms with Gasteiger partial charge in [0, 0.05) is 75.0 Å². The Balaban J connectivity index is 0.973. The summed E-state index contributed by atoms with van der Waals surface area (Å²) in [6.07, 6.45) is 4.02. The van der Waals surface area contributed by atoms with Crippen LogP contribution in [-0.2, 0) is 0 Å². The molecule has 0 aliphatic heterocycles. The Morgan fingerprint density at radius 1 is 0.354 bits per heavy atom. The average Bonchev–Trinajstić information content (AvgIpc) is 3.73. The van der Waals surface area contributed by atoms with Crippen molar-refractivity contribution in [3.05, 3.63) is 158 Å². The molecule has 48 heavy (non-hydrogen) atoms. The monoisotopic (exact) mass is 646 g/mol. The lowest BCUT2D eigenvalue weighted by Crippen LogP contribution is -1.88. The molecule has 0 bridgehead atoms. The van der Waals surface area contributed by atoms with Crippen LogP contribution in [0, 0.1) is 0 Å². The zero-order valence-electron chi connectivity index (χ0n) is 25.7. The number of nitrogens with zero attached hydrogens (tertiary/aromatic N) is 2. The Morgan fingerprint density at radius 3 is 1.48 bits per heavy atom. The molecule has 10 aromatic rings. The van der Waals surface area contributed by atoms with Gasteiger partial charge in [0.15, 0.2) is 0 Å². The molecule has 0 spiro atoms. The van der Waals surface area contributed by atoms with Crippen LogP contribution < -0.4 is 0 Å². The van der Waals surface area contributed by atoms with Crippen molar-refractivity contribution in [2.45, 2.75) is 0 Å². The number of thiophene rings is 2. The van der Waals surface area contributed by atoms with Crippen molar-refractivity contribution in [3.63, 3.8) is 0 Å². The summed E-state index contributed by atoms with van der Waals surface area (Å²) in [7, 11) is 0. The predicted octanol–water partition coefficient (Wildman–Crippen LogP) is 13.0. The molecule has 0 saturated heterocycles. The summed E-state index contributed by atoms with van der Waals surface area (Å²) >= 11 is 3.68. The number of hydrogen-bond acceptors (Lipinski definition) is 4. The van der Waals surface area contributed by atoms with Gasteiger partial charge in [0.2, 0.25) is 0 Å². The zero-order valence-corrected chi connectivity index (χ0v) is 27.4. The Bertz CT molecular complexity index is 2830. The van der Waals surface area contributed by atoms with Crippen molar-refractivity contribution in [2.24, 2.45) is 0 Å². The second-order valence-electron chi connectivity index (χ2n) is 12.2. The molecule has 0 atom stereocenters. The second kappa shape index (κ2) is 11.0. The van der Waals surface area contributed by atoms with Crippen molar-refractivity contribution < 1.29 is 0 Å². The molecule has 2 nitrogen and oxygen atoms in total. The molecular weight excluding hydrogens is 621 g/mol. The molecule has 0 radical (unpaired) electrons. The first-order chi connectivity index (χ1) is 23.8. The first-order valence-corrected chi connectivity index (χ1v) is 17.7. The van der Waals surface area contributed by atoms with Gasteiger partial charge in [0.1, 0.15) is 0 Å². The third-order valence-electron chi connectivity index (χ3n) is 9.41. The van der Waals surface area contributed by atoms with Crippen molar-refractivity contribution in [3.8, 4) is 44.8 Å². The van der Waals surface area contributed by atoms with Crippen LogP contribution in [0.2, 0.25) is 0 Å². The molecular formula is C44H26N2S2. The molecule has 0 amide bonds. The molecule has 224 valence electrons. The van der Waals surface area contributed by atoms with Crippen molar-refractivity contribution in [1.82, 2.24) is 9.97 Å². The molecule has 4 heteroatoms. The molecule has 0 aliphatic rings. The zero-order chi connectivity index (χ0) is 31.6. The van der Waals surface area contributed by atoms with Crippen LogP contribution in [0.25, 0.3) is 95.9 Å². The smallest absolute Gasteiger partial charge is 0.0716 e. The summed E-state index contributed by atoms with van der Waals surface area (Å²) in [6.45, 7) is 0. The topological polar surface area (TPSA) is 25.8 Å². The minimum Gasteiger partial charge on any atom is -0.256 e. The highest BCUT2D eigenvalue weighted by Crippen LogP contribution is 2.41. The van der Waals surface area contributed by atoms with Gasteiger partial charge in [0.25, 0.3) is 0 Å². The lowest BCUT2D eigenvalue weighted by Gasteiger charge is -2.10. The van der Waals surface area contributed by atoms with Gasteiger partial charge in [-0.1, -0.05) is 115 Å². The highest BCUT2D eigenvalue weighted by molar-refractivity contribution is 7.26. The van der Waals surface area contributed by atoms with Crippen LogP contribution in [0.15, 0.2) is 158 Å². The predicted molar refractivity (Wildman–Crippen MR) is 207 cm³/mol. The summed E-state index contributed by atoms with van der Waals surface area (Å²) < 4.78 is 5.19. The average molecular weight is 647 g/mol. The first kappa shape index (κ1) is 27.4. The fraction of sp³-hybridized carbons (Fsp3) is 0. The Labute approximate surface area is 285 Å². The van der Waals surface area contributed by atoms with Crippen LogP contribution in [0.5, 0.6) is 0 Å². The van der Waals surface area contributed by atoms with Gasteiger partial charge in [-0.3, -0.25) is 9.97 Å². The molecule has 10 rings (SSSR count). The van der Waals surface area contributed by atoms with E-state index in [0.29, 0.717) is 0 Å². The summed E-state index contributed by atoms with van der Waals surface area (Å²) in [6, 6.07) is 52.3. The fourth-order valence-corrected chi connectivity index (χ4v) is 9.50. The summed E-state index contributed by atoms with van der Waals surface area (Å²) in [5.41, 5.74) is 8.92. The Kier molecular flexibility index (Phi) is 6.26. The van der Waals surface area contributed by atoms with E-state index in [0.717, 1.165) is 28.1 Å². The lowest BCUT2D eigenvalue weighted by molar-refractivity contribution is 1.33. The van der Waals surface area contributed by atoms with Crippen molar-refractivity contribution in [2.75, 3.05) is 0 Å². The van der Waals surface area contributed by atoms with E-state index in [1.807, 2.05) is 35.1 Å². The quantitative estimate of drug-likeness (QED) is 0.190. The van der Waals surface area contributed by atoms with Gasteiger partial charge < -0.3 is 0 Å². The van der Waals surface area contributed by atoms with Crippen LogP contribution in [0.3, 0.4) is 0 Å². The maximum absolute atomic E-state index is 4.98. The number of rotatable bonds is 4. The van der Waals surface area contributed by atoms with E-state index < -0.39 is 0 Å². The minimum absolute atomic E-state index is 0.998. The van der Waals surface area contributed by atoms with E-state index in [9.17, 15) is 0 Å². The molecule has 0 N–H and O–H groups in total.